The summed E-state index contributed by atoms with van der Waals surface area (Å²) in [6.45, 7) is 10.0. The van der Waals surface area contributed by atoms with Crippen LogP contribution in [0.1, 0.15) is 40.0 Å². The summed E-state index contributed by atoms with van der Waals surface area (Å²) in [7, 11) is 3.90. The van der Waals surface area contributed by atoms with E-state index in [0.29, 0.717) is 22.4 Å². The molecule has 1 heterocycles. The third-order valence-electron chi connectivity index (χ3n) is 6.19. The van der Waals surface area contributed by atoms with Gasteiger partial charge in [0.1, 0.15) is 11.3 Å². The van der Waals surface area contributed by atoms with Crippen LogP contribution in [-0.4, -0.2) is 30.1 Å². The summed E-state index contributed by atoms with van der Waals surface area (Å²) in [5, 5.41) is 15.2. The lowest BCUT2D eigenvalue weighted by Gasteiger charge is -2.19. The fourth-order valence-electron chi connectivity index (χ4n) is 4.38. The van der Waals surface area contributed by atoms with E-state index in [1.165, 1.54) is 6.07 Å². The lowest BCUT2D eigenvalue weighted by molar-refractivity contribution is 0.0698. The Labute approximate surface area is 209 Å². The molecule has 0 saturated heterocycles. The summed E-state index contributed by atoms with van der Waals surface area (Å²) in [6.07, 6.45) is 1.98. The number of hydrogen-bond acceptors (Lipinski definition) is 5. The van der Waals surface area contributed by atoms with Crippen molar-refractivity contribution >= 4 is 35.4 Å². The molecule has 36 heavy (non-hydrogen) atoms. The molecule has 6 nitrogen and oxygen atoms in total. The Hall–Kier alpha value is -4.32. The highest BCUT2D eigenvalue weighted by Crippen LogP contribution is 2.31. The fraction of sp³-hybridized carbons (Fsp3) is 0.200. The van der Waals surface area contributed by atoms with Crippen molar-refractivity contribution in [2.45, 2.75) is 26.8 Å². The van der Waals surface area contributed by atoms with Crippen molar-refractivity contribution in [2.24, 2.45) is 0 Å². The second kappa shape index (κ2) is 9.74. The zero-order chi connectivity index (χ0) is 26.1. The topological polar surface area (TPSA) is 82.8 Å². The van der Waals surface area contributed by atoms with Crippen molar-refractivity contribution < 1.29 is 14.3 Å². The number of hydrogen-bond donors (Lipinski definition) is 2. The molecule has 6 heteroatoms. The lowest BCUT2D eigenvalue weighted by atomic mass is 9.99. The molecule has 0 aliphatic carbocycles. The third-order valence-corrected chi connectivity index (χ3v) is 6.19. The maximum absolute atomic E-state index is 13.2. The highest BCUT2D eigenvalue weighted by atomic mass is 16.4. The number of benzene rings is 3. The lowest BCUT2D eigenvalue weighted by Crippen LogP contribution is -2.28. The van der Waals surface area contributed by atoms with E-state index in [2.05, 4.69) is 11.9 Å². The van der Waals surface area contributed by atoms with Gasteiger partial charge in [-0.1, -0.05) is 24.8 Å². The van der Waals surface area contributed by atoms with Crippen molar-refractivity contribution in [1.29, 1.82) is 0 Å². The molecular formula is C30H30N2O4. The third kappa shape index (κ3) is 4.89. The Morgan fingerprint density at radius 3 is 2.53 bits per heavy atom. The minimum Gasteiger partial charge on any atom is -0.478 e. The Morgan fingerprint density at radius 1 is 1.11 bits per heavy atom. The van der Waals surface area contributed by atoms with E-state index in [1.54, 1.807) is 24.3 Å². The van der Waals surface area contributed by atoms with Crippen LogP contribution in [0.25, 0.3) is 35.1 Å². The minimum absolute atomic E-state index is 0.135. The van der Waals surface area contributed by atoms with Crippen molar-refractivity contribution in [3.05, 3.63) is 97.5 Å². The van der Waals surface area contributed by atoms with Gasteiger partial charge in [-0.3, -0.25) is 4.79 Å². The molecule has 0 amide bonds. The van der Waals surface area contributed by atoms with Gasteiger partial charge in [0.25, 0.3) is 0 Å². The maximum Gasteiger partial charge on any atom is 0.337 e. The van der Waals surface area contributed by atoms with Crippen LogP contribution in [0, 0.1) is 13.8 Å². The SMILES string of the molecule is C=c1c(C)cc(-c2cc(=O)c3cc(C)cc(C(C)Nc4ccccc4C(=O)O)c3o2)c/c1=C/N(C)C. The molecule has 1 atom stereocenters. The van der Waals surface area contributed by atoms with Gasteiger partial charge >= 0.3 is 5.97 Å². The van der Waals surface area contributed by atoms with E-state index in [4.69, 9.17) is 4.42 Å². The number of carboxylic acid groups (broad SMARTS) is 1. The van der Waals surface area contributed by atoms with Gasteiger partial charge in [0.2, 0.25) is 0 Å². The van der Waals surface area contributed by atoms with Gasteiger partial charge in [-0.05, 0) is 72.7 Å². The number of fused-ring (bicyclic) bond motifs is 1. The molecule has 0 radical (unpaired) electrons. The minimum atomic E-state index is -1.01. The number of nitrogens with one attached hydrogen (secondary N) is 1. The molecule has 1 unspecified atom stereocenters. The average molecular weight is 483 g/mol. The molecule has 0 aliphatic rings. The highest BCUT2D eigenvalue weighted by molar-refractivity contribution is 5.94. The Kier molecular flexibility index (Phi) is 6.71. The Balaban J connectivity index is 1.90. The molecule has 0 saturated carbocycles. The number of anilines is 1. The molecule has 3 aromatic carbocycles. The van der Waals surface area contributed by atoms with Gasteiger partial charge in [-0.15, -0.1) is 0 Å². The molecular weight excluding hydrogens is 452 g/mol. The molecule has 4 aromatic rings. The number of para-hydroxylation sites is 1. The van der Waals surface area contributed by atoms with Crippen molar-refractivity contribution in [3.63, 3.8) is 0 Å². The Bertz CT molecular complexity index is 1650. The first-order chi connectivity index (χ1) is 17.0. The summed E-state index contributed by atoms with van der Waals surface area (Å²) in [5.74, 6) is -0.546. The van der Waals surface area contributed by atoms with Crippen LogP contribution in [0.4, 0.5) is 5.69 Å². The normalized spacial score (nSPS) is 12.5. The van der Waals surface area contributed by atoms with Gasteiger partial charge < -0.3 is 19.7 Å². The predicted molar refractivity (Wildman–Crippen MR) is 146 cm³/mol. The highest BCUT2D eigenvalue weighted by Gasteiger charge is 2.18. The number of carbonyl (C=O) groups is 1. The second-order valence-electron chi connectivity index (χ2n) is 9.38. The van der Waals surface area contributed by atoms with E-state index in [9.17, 15) is 14.7 Å². The largest absolute Gasteiger partial charge is 0.478 e. The van der Waals surface area contributed by atoms with Gasteiger partial charge in [-0.2, -0.15) is 0 Å². The van der Waals surface area contributed by atoms with Crippen LogP contribution < -0.4 is 21.2 Å². The number of carboxylic acids is 1. The molecule has 4 rings (SSSR count). The van der Waals surface area contributed by atoms with Gasteiger partial charge in [0.05, 0.1) is 17.0 Å². The van der Waals surface area contributed by atoms with Gasteiger partial charge in [0.15, 0.2) is 5.43 Å². The summed E-state index contributed by atoms with van der Waals surface area (Å²) < 4.78 is 6.40. The maximum atomic E-state index is 13.2. The molecule has 0 fully saturated rings. The number of aromatic carboxylic acids is 1. The molecule has 0 spiro atoms. The molecule has 1 aromatic heterocycles. The van der Waals surface area contributed by atoms with E-state index in [0.717, 1.165) is 32.7 Å². The summed E-state index contributed by atoms with van der Waals surface area (Å²) in [6, 6.07) is 15.7. The Morgan fingerprint density at radius 2 is 1.83 bits per heavy atom. The first kappa shape index (κ1) is 24.8. The first-order valence-electron chi connectivity index (χ1n) is 11.7. The molecule has 0 bridgehead atoms. The second-order valence-corrected chi connectivity index (χ2v) is 9.38. The number of rotatable bonds is 6. The van der Waals surface area contributed by atoms with Gasteiger partial charge in [-0.25, -0.2) is 4.79 Å². The van der Waals surface area contributed by atoms with E-state index >= 15 is 0 Å². The average Bonchev–Trinajstić information content (AvgIpc) is 2.81. The van der Waals surface area contributed by atoms with E-state index in [1.807, 2.05) is 70.2 Å². The van der Waals surface area contributed by atoms with Crippen LogP contribution in [0.15, 0.2) is 63.8 Å². The van der Waals surface area contributed by atoms with Crippen molar-refractivity contribution in [1.82, 2.24) is 4.90 Å². The van der Waals surface area contributed by atoms with Gasteiger partial charge in [0, 0.05) is 43.2 Å². The number of nitrogens with zero attached hydrogens (tertiary/aromatic N) is 1. The van der Waals surface area contributed by atoms with Crippen LogP contribution in [0.5, 0.6) is 0 Å². The van der Waals surface area contributed by atoms with E-state index < -0.39 is 5.97 Å². The van der Waals surface area contributed by atoms with Crippen LogP contribution in [-0.2, 0) is 0 Å². The summed E-state index contributed by atoms with van der Waals surface area (Å²) in [4.78, 5) is 26.9. The van der Waals surface area contributed by atoms with Crippen molar-refractivity contribution in [3.8, 4) is 11.3 Å². The quantitative estimate of drug-likeness (QED) is 0.416. The first-order valence-corrected chi connectivity index (χ1v) is 11.7. The molecule has 0 aliphatic heterocycles. The molecule has 2 N–H and O–H groups in total. The summed E-state index contributed by atoms with van der Waals surface area (Å²) >= 11 is 0. The summed E-state index contributed by atoms with van der Waals surface area (Å²) in [5.41, 5.74) is 4.48. The smallest absolute Gasteiger partial charge is 0.337 e. The number of aryl methyl sites for hydroxylation is 2. The van der Waals surface area contributed by atoms with Crippen LogP contribution in [0.3, 0.4) is 0 Å². The van der Waals surface area contributed by atoms with E-state index in [-0.39, 0.29) is 17.0 Å². The monoisotopic (exact) mass is 482 g/mol. The van der Waals surface area contributed by atoms with Crippen LogP contribution in [0.2, 0.25) is 0 Å². The van der Waals surface area contributed by atoms with Crippen LogP contribution >= 0.6 is 0 Å². The standard InChI is InChI=1S/C30H30N2O4/c1-17-11-24(20(4)31-26-10-8-7-9-23(26)30(34)35)29-25(12-17)27(33)15-28(36-29)21-13-18(2)19(3)22(14-21)16-32(5)6/h7-16,20,31H,3H2,1-2,4-6H3,(H,34,35)/b22-16-. The predicted octanol–water partition coefficient (Wildman–Crippen LogP) is 4.66. The molecule has 184 valence electrons. The zero-order valence-electron chi connectivity index (χ0n) is 21.2. The van der Waals surface area contributed by atoms with Crippen molar-refractivity contribution in [2.75, 3.05) is 19.4 Å². The zero-order valence-corrected chi connectivity index (χ0v) is 21.2. The fourth-order valence-corrected chi connectivity index (χ4v) is 4.38.